The zero-order valence-electron chi connectivity index (χ0n) is 7.26. The summed E-state index contributed by atoms with van der Waals surface area (Å²) in [5, 5.41) is 2.68. The van der Waals surface area contributed by atoms with Gasteiger partial charge in [0.2, 0.25) is 0 Å². The minimum absolute atomic E-state index is 0.167. The number of carbonyl (C=O) groups is 1. The molecule has 5 heteroatoms. The second-order valence-electron chi connectivity index (χ2n) is 2.59. The SMILES string of the molecule is C=C(Br)CNC(=O)c1cncc(Br)c1. The average Bonchev–Trinajstić information content (AvgIpc) is 2.14. The van der Waals surface area contributed by atoms with Crippen LogP contribution in [0, 0.1) is 0 Å². The van der Waals surface area contributed by atoms with Gasteiger partial charge in [-0.15, -0.1) is 0 Å². The molecule has 0 aromatic carbocycles. The van der Waals surface area contributed by atoms with Gasteiger partial charge in [-0.2, -0.15) is 0 Å². The average molecular weight is 320 g/mol. The Morgan fingerprint density at radius 1 is 1.57 bits per heavy atom. The molecule has 0 atom stereocenters. The van der Waals surface area contributed by atoms with Crippen molar-refractivity contribution in [1.82, 2.24) is 10.3 Å². The third-order valence-electron chi connectivity index (χ3n) is 1.41. The van der Waals surface area contributed by atoms with Gasteiger partial charge in [-0.1, -0.05) is 22.5 Å². The zero-order valence-corrected chi connectivity index (χ0v) is 10.4. The van der Waals surface area contributed by atoms with Gasteiger partial charge in [-0.25, -0.2) is 0 Å². The number of carbonyl (C=O) groups excluding carboxylic acids is 1. The van der Waals surface area contributed by atoms with E-state index >= 15 is 0 Å². The molecule has 1 aromatic rings. The van der Waals surface area contributed by atoms with E-state index in [0.717, 1.165) is 8.96 Å². The van der Waals surface area contributed by atoms with Gasteiger partial charge in [0, 0.05) is 27.9 Å². The monoisotopic (exact) mass is 318 g/mol. The maximum atomic E-state index is 11.5. The molecule has 0 radical (unpaired) electrons. The van der Waals surface area contributed by atoms with Crippen LogP contribution in [0.1, 0.15) is 10.4 Å². The Morgan fingerprint density at radius 3 is 2.86 bits per heavy atom. The minimum atomic E-state index is -0.167. The van der Waals surface area contributed by atoms with E-state index in [4.69, 9.17) is 0 Å². The fourth-order valence-electron chi connectivity index (χ4n) is 0.814. The van der Waals surface area contributed by atoms with Crippen molar-refractivity contribution in [3.8, 4) is 0 Å². The molecule has 0 unspecified atom stereocenters. The quantitative estimate of drug-likeness (QED) is 0.930. The first kappa shape index (κ1) is 11.4. The molecule has 0 fully saturated rings. The number of amides is 1. The van der Waals surface area contributed by atoms with Gasteiger partial charge in [0.1, 0.15) is 0 Å². The number of nitrogens with zero attached hydrogens (tertiary/aromatic N) is 1. The van der Waals surface area contributed by atoms with Crippen LogP contribution in [-0.4, -0.2) is 17.4 Å². The summed E-state index contributed by atoms with van der Waals surface area (Å²) < 4.78 is 1.51. The number of hydrogen-bond acceptors (Lipinski definition) is 2. The maximum absolute atomic E-state index is 11.5. The summed E-state index contributed by atoms with van der Waals surface area (Å²) >= 11 is 6.40. The Morgan fingerprint density at radius 2 is 2.29 bits per heavy atom. The van der Waals surface area contributed by atoms with Crippen molar-refractivity contribution in [3.63, 3.8) is 0 Å². The summed E-state index contributed by atoms with van der Waals surface area (Å²) in [5.74, 6) is -0.167. The van der Waals surface area contributed by atoms with Crippen LogP contribution in [0.25, 0.3) is 0 Å². The lowest BCUT2D eigenvalue weighted by Crippen LogP contribution is -2.24. The molecule has 0 bridgehead atoms. The fraction of sp³-hybridized carbons (Fsp3) is 0.111. The van der Waals surface area contributed by atoms with Crippen LogP contribution in [0.5, 0.6) is 0 Å². The van der Waals surface area contributed by atoms with E-state index in [-0.39, 0.29) is 5.91 Å². The highest BCUT2D eigenvalue weighted by molar-refractivity contribution is 9.11. The highest BCUT2D eigenvalue weighted by atomic mass is 79.9. The first-order chi connectivity index (χ1) is 6.59. The predicted molar refractivity (Wildman–Crippen MR) is 62.3 cm³/mol. The molecule has 0 aliphatic carbocycles. The molecule has 0 saturated carbocycles. The van der Waals surface area contributed by atoms with E-state index in [9.17, 15) is 4.79 Å². The fourth-order valence-corrected chi connectivity index (χ4v) is 1.32. The molecule has 1 aromatic heterocycles. The molecule has 0 spiro atoms. The highest BCUT2D eigenvalue weighted by Gasteiger charge is 2.05. The molecular formula is C9H8Br2N2O. The molecule has 0 saturated heterocycles. The summed E-state index contributed by atoms with van der Waals surface area (Å²) in [6.07, 6.45) is 3.14. The Bertz CT molecular complexity index is 366. The molecule has 1 N–H and O–H groups in total. The van der Waals surface area contributed by atoms with Crippen molar-refractivity contribution in [2.75, 3.05) is 6.54 Å². The second-order valence-corrected chi connectivity index (χ2v) is 4.63. The van der Waals surface area contributed by atoms with Crippen LogP contribution in [0.4, 0.5) is 0 Å². The van der Waals surface area contributed by atoms with Crippen LogP contribution in [0.15, 0.2) is 34.0 Å². The summed E-state index contributed by atoms with van der Waals surface area (Å²) in [6.45, 7) is 4.02. The molecule has 74 valence electrons. The van der Waals surface area contributed by atoms with Crippen LogP contribution >= 0.6 is 31.9 Å². The lowest BCUT2D eigenvalue weighted by atomic mass is 10.3. The lowest BCUT2D eigenvalue weighted by Gasteiger charge is -2.03. The smallest absolute Gasteiger partial charge is 0.253 e. The summed E-state index contributed by atoms with van der Waals surface area (Å²) in [4.78, 5) is 15.4. The Hall–Kier alpha value is -0.680. The number of aromatic nitrogens is 1. The van der Waals surface area contributed by atoms with Crippen LogP contribution in [0.2, 0.25) is 0 Å². The molecule has 1 rings (SSSR count). The highest BCUT2D eigenvalue weighted by Crippen LogP contribution is 2.09. The van der Waals surface area contributed by atoms with E-state index in [1.807, 2.05) is 0 Å². The molecule has 14 heavy (non-hydrogen) atoms. The molecule has 0 aliphatic rings. The van der Waals surface area contributed by atoms with E-state index in [1.165, 1.54) is 6.20 Å². The Balaban J connectivity index is 2.65. The van der Waals surface area contributed by atoms with E-state index < -0.39 is 0 Å². The first-order valence-corrected chi connectivity index (χ1v) is 5.40. The van der Waals surface area contributed by atoms with Gasteiger partial charge >= 0.3 is 0 Å². The Labute approximate surface area is 98.9 Å². The van der Waals surface area contributed by atoms with Gasteiger partial charge in [0.25, 0.3) is 5.91 Å². The van der Waals surface area contributed by atoms with Gasteiger partial charge in [-0.3, -0.25) is 9.78 Å². The molecule has 0 aliphatic heterocycles. The topological polar surface area (TPSA) is 42.0 Å². The van der Waals surface area contributed by atoms with Gasteiger partial charge in [-0.05, 0) is 22.0 Å². The number of nitrogens with one attached hydrogen (secondary N) is 1. The van der Waals surface area contributed by atoms with Crippen molar-refractivity contribution >= 4 is 37.8 Å². The summed E-state index contributed by atoms with van der Waals surface area (Å²) in [5.41, 5.74) is 0.521. The van der Waals surface area contributed by atoms with Crippen molar-refractivity contribution in [3.05, 3.63) is 39.6 Å². The lowest BCUT2D eigenvalue weighted by molar-refractivity contribution is 0.0957. The van der Waals surface area contributed by atoms with Crippen LogP contribution in [-0.2, 0) is 0 Å². The minimum Gasteiger partial charge on any atom is -0.347 e. The molecule has 3 nitrogen and oxygen atoms in total. The van der Waals surface area contributed by atoms with Crippen molar-refractivity contribution in [2.45, 2.75) is 0 Å². The Kier molecular flexibility index (Phi) is 4.28. The third-order valence-corrected chi connectivity index (χ3v) is 2.12. The van der Waals surface area contributed by atoms with E-state index in [0.29, 0.717) is 12.1 Å². The van der Waals surface area contributed by atoms with Gasteiger partial charge in [0.15, 0.2) is 0 Å². The van der Waals surface area contributed by atoms with E-state index in [2.05, 4.69) is 48.7 Å². The predicted octanol–water partition coefficient (Wildman–Crippen LogP) is 2.48. The first-order valence-electron chi connectivity index (χ1n) is 3.81. The number of hydrogen-bond donors (Lipinski definition) is 1. The summed E-state index contributed by atoms with van der Waals surface area (Å²) in [7, 11) is 0. The van der Waals surface area contributed by atoms with E-state index in [1.54, 1.807) is 12.3 Å². The number of rotatable bonds is 3. The van der Waals surface area contributed by atoms with Gasteiger partial charge in [0.05, 0.1) is 5.56 Å². The van der Waals surface area contributed by atoms with Crippen molar-refractivity contribution in [2.24, 2.45) is 0 Å². The van der Waals surface area contributed by atoms with Crippen molar-refractivity contribution < 1.29 is 4.79 Å². The molecule has 1 heterocycles. The van der Waals surface area contributed by atoms with Gasteiger partial charge < -0.3 is 5.32 Å². The zero-order chi connectivity index (χ0) is 10.6. The third kappa shape index (κ3) is 3.59. The standard InChI is InChI=1S/C9H8Br2N2O/c1-6(10)3-13-9(14)7-2-8(11)5-12-4-7/h2,4-5H,1,3H2,(H,13,14). The summed E-state index contributed by atoms with van der Waals surface area (Å²) in [6, 6.07) is 1.71. The molecule has 1 amide bonds. The number of pyridine rings is 1. The van der Waals surface area contributed by atoms with Crippen LogP contribution in [0.3, 0.4) is 0 Å². The normalized spacial score (nSPS) is 9.57. The maximum Gasteiger partial charge on any atom is 0.253 e. The van der Waals surface area contributed by atoms with Crippen LogP contribution < -0.4 is 5.32 Å². The largest absolute Gasteiger partial charge is 0.347 e. The molecular weight excluding hydrogens is 312 g/mol. The number of halogens is 2. The second kappa shape index (κ2) is 5.26. The van der Waals surface area contributed by atoms with Crippen molar-refractivity contribution in [1.29, 1.82) is 0 Å².